The quantitative estimate of drug-likeness (QED) is 0.657. The first-order valence-electron chi connectivity index (χ1n) is 4.67. The van der Waals surface area contributed by atoms with Crippen LogP contribution in [0.15, 0.2) is 0 Å². The summed E-state index contributed by atoms with van der Waals surface area (Å²) < 4.78 is 28.7. The molecule has 84 valence electrons. The van der Waals surface area contributed by atoms with Crippen LogP contribution in [0.2, 0.25) is 0 Å². The maximum atomic E-state index is 11.2. The molecule has 1 saturated carbocycles. The molecule has 1 atom stereocenters. The van der Waals surface area contributed by atoms with E-state index in [0.717, 1.165) is 12.8 Å². The fourth-order valence-corrected chi connectivity index (χ4v) is 2.95. The lowest BCUT2D eigenvalue weighted by Gasteiger charge is -2.24. The van der Waals surface area contributed by atoms with Crippen molar-refractivity contribution in [2.24, 2.45) is 5.92 Å². The Morgan fingerprint density at radius 3 is 2.50 bits per heavy atom. The summed E-state index contributed by atoms with van der Waals surface area (Å²) in [4.78, 5) is 0. The van der Waals surface area contributed by atoms with Crippen LogP contribution < -0.4 is 0 Å². The van der Waals surface area contributed by atoms with E-state index in [1.807, 2.05) is 6.92 Å². The van der Waals surface area contributed by atoms with Crippen LogP contribution in [0.1, 0.15) is 19.8 Å². The predicted molar refractivity (Wildman–Crippen MR) is 55.5 cm³/mol. The highest BCUT2D eigenvalue weighted by Crippen LogP contribution is 2.36. The Hall–Kier alpha value is 0.160. The van der Waals surface area contributed by atoms with Gasteiger partial charge in [0.2, 0.25) is 0 Å². The number of hydrogen-bond acceptors (Lipinski definition) is 3. The molecule has 0 aromatic rings. The first-order valence-corrected chi connectivity index (χ1v) is 6.93. The van der Waals surface area contributed by atoms with Crippen LogP contribution in [0.4, 0.5) is 0 Å². The molecule has 1 aliphatic rings. The standard InChI is InChI=1S/C8H16ClNO3S/c1-7(8-3-4-8)10(5-6-13-2)14(9,11)12/h7-8H,3-6H2,1-2H3. The van der Waals surface area contributed by atoms with Gasteiger partial charge in [0.05, 0.1) is 6.61 Å². The molecule has 0 spiro atoms. The molecule has 14 heavy (non-hydrogen) atoms. The Bertz CT molecular complexity index is 276. The molecule has 0 N–H and O–H groups in total. The molecule has 0 aromatic carbocycles. The molecule has 0 saturated heterocycles. The molecule has 0 aliphatic heterocycles. The fourth-order valence-electron chi connectivity index (χ4n) is 1.51. The van der Waals surface area contributed by atoms with E-state index in [4.69, 9.17) is 15.4 Å². The number of methoxy groups -OCH3 is 1. The molecule has 6 heteroatoms. The van der Waals surface area contributed by atoms with Crippen molar-refractivity contribution in [3.63, 3.8) is 0 Å². The molecule has 0 bridgehead atoms. The summed E-state index contributed by atoms with van der Waals surface area (Å²) in [5.74, 6) is 0.473. The van der Waals surface area contributed by atoms with E-state index in [0.29, 0.717) is 19.1 Å². The van der Waals surface area contributed by atoms with Crippen LogP contribution in [-0.4, -0.2) is 39.0 Å². The van der Waals surface area contributed by atoms with E-state index < -0.39 is 9.24 Å². The van der Waals surface area contributed by atoms with Gasteiger partial charge in [-0.15, -0.1) is 0 Å². The van der Waals surface area contributed by atoms with E-state index in [-0.39, 0.29) is 6.04 Å². The molecule has 0 amide bonds. The number of rotatable bonds is 6. The summed E-state index contributed by atoms with van der Waals surface area (Å²) in [6.45, 7) is 2.61. The van der Waals surface area contributed by atoms with Crippen molar-refractivity contribution < 1.29 is 13.2 Å². The lowest BCUT2D eigenvalue weighted by atomic mass is 10.2. The smallest absolute Gasteiger partial charge is 0.300 e. The maximum absolute atomic E-state index is 11.2. The van der Waals surface area contributed by atoms with Gasteiger partial charge in [0.25, 0.3) is 9.24 Å². The number of hydrogen-bond donors (Lipinski definition) is 0. The van der Waals surface area contributed by atoms with Crippen LogP contribution in [-0.2, 0) is 14.0 Å². The van der Waals surface area contributed by atoms with Gasteiger partial charge in [-0.25, -0.2) is 0 Å². The van der Waals surface area contributed by atoms with Gasteiger partial charge < -0.3 is 4.74 Å². The van der Waals surface area contributed by atoms with E-state index in [1.165, 1.54) is 4.31 Å². The van der Waals surface area contributed by atoms with Crippen LogP contribution in [0, 0.1) is 5.92 Å². The zero-order valence-electron chi connectivity index (χ0n) is 8.44. The average molecular weight is 242 g/mol. The molecule has 1 rings (SSSR count). The highest BCUT2D eigenvalue weighted by Gasteiger charge is 2.36. The number of halogens is 1. The Kier molecular flexibility index (Phi) is 4.18. The second-order valence-electron chi connectivity index (χ2n) is 3.62. The Labute approximate surface area is 89.7 Å². The van der Waals surface area contributed by atoms with E-state index >= 15 is 0 Å². The van der Waals surface area contributed by atoms with Gasteiger partial charge in [0, 0.05) is 30.4 Å². The maximum Gasteiger partial charge on any atom is 0.300 e. The Balaban J connectivity index is 2.60. The third-order valence-electron chi connectivity index (χ3n) is 2.55. The Morgan fingerprint density at radius 1 is 1.57 bits per heavy atom. The third-order valence-corrected chi connectivity index (χ3v) is 4.16. The normalized spacial score (nSPS) is 20.0. The van der Waals surface area contributed by atoms with Crippen LogP contribution in [0.3, 0.4) is 0 Å². The zero-order chi connectivity index (χ0) is 10.8. The second-order valence-corrected chi connectivity index (χ2v) is 6.09. The Morgan fingerprint density at radius 2 is 2.14 bits per heavy atom. The van der Waals surface area contributed by atoms with Crippen molar-refractivity contribution >= 4 is 19.9 Å². The molecular formula is C8H16ClNO3S. The minimum Gasteiger partial charge on any atom is -0.383 e. The van der Waals surface area contributed by atoms with Gasteiger partial charge in [0.15, 0.2) is 0 Å². The third kappa shape index (κ3) is 3.38. The molecule has 1 unspecified atom stereocenters. The first kappa shape index (κ1) is 12.2. The highest BCUT2D eigenvalue weighted by molar-refractivity contribution is 8.11. The lowest BCUT2D eigenvalue weighted by molar-refractivity contribution is 0.165. The molecular weight excluding hydrogens is 226 g/mol. The van der Waals surface area contributed by atoms with E-state index in [2.05, 4.69) is 0 Å². The summed E-state index contributed by atoms with van der Waals surface area (Å²) in [7, 11) is 3.27. The first-order chi connectivity index (χ1) is 6.46. The minimum atomic E-state index is -3.62. The van der Waals surface area contributed by atoms with Gasteiger partial charge in [-0.05, 0) is 25.7 Å². The molecule has 1 fully saturated rings. The van der Waals surface area contributed by atoms with Crippen LogP contribution >= 0.6 is 10.7 Å². The molecule has 0 radical (unpaired) electrons. The number of ether oxygens (including phenoxy) is 1. The average Bonchev–Trinajstić information content (AvgIpc) is 2.84. The van der Waals surface area contributed by atoms with Crippen molar-refractivity contribution in [2.75, 3.05) is 20.3 Å². The molecule has 0 aromatic heterocycles. The molecule has 4 nitrogen and oxygen atoms in total. The molecule has 1 aliphatic carbocycles. The minimum absolute atomic E-state index is 0.00681. The van der Waals surface area contributed by atoms with E-state index in [9.17, 15) is 8.42 Å². The van der Waals surface area contributed by atoms with Crippen molar-refractivity contribution in [1.29, 1.82) is 0 Å². The summed E-state index contributed by atoms with van der Waals surface area (Å²) in [6, 6.07) is -0.00681. The van der Waals surface area contributed by atoms with Crippen molar-refractivity contribution in [2.45, 2.75) is 25.8 Å². The van der Waals surface area contributed by atoms with Crippen LogP contribution in [0.5, 0.6) is 0 Å². The SMILES string of the molecule is COCCN(C(C)C1CC1)S(=O)(=O)Cl. The predicted octanol–water partition coefficient (Wildman–Crippen LogP) is 1.22. The lowest BCUT2D eigenvalue weighted by Crippen LogP contribution is -2.39. The monoisotopic (exact) mass is 241 g/mol. The zero-order valence-corrected chi connectivity index (χ0v) is 10.0. The van der Waals surface area contributed by atoms with Crippen LogP contribution in [0.25, 0.3) is 0 Å². The molecule has 0 heterocycles. The summed E-state index contributed by atoms with van der Waals surface area (Å²) in [5.41, 5.74) is 0. The summed E-state index contributed by atoms with van der Waals surface area (Å²) in [6.07, 6.45) is 2.19. The number of nitrogens with zero attached hydrogens (tertiary/aromatic N) is 1. The summed E-state index contributed by atoms with van der Waals surface area (Å²) in [5, 5.41) is 0. The van der Waals surface area contributed by atoms with Crippen molar-refractivity contribution in [3.05, 3.63) is 0 Å². The van der Waals surface area contributed by atoms with Gasteiger partial charge in [0.1, 0.15) is 0 Å². The van der Waals surface area contributed by atoms with Gasteiger partial charge in [-0.2, -0.15) is 12.7 Å². The largest absolute Gasteiger partial charge is 0.383 e. The highest BCUT2D eigenvalue weighted by atomic mass is 35.7. The van der Waals surface area contributed by atoms with E-state index in [1.54, 1.807) is 7.11 Å². The fraction of sp³-hybridized carbons (Fsp3) is 1.00. The summed E-state index contributed by atoms with van der Waals surface area (Å²) >= 11 is 0. The van der Waals surface area contributed by atoms with Gasteiger partial charge >= 0.3 is 0 Å². The van der Waals surface area contributed by atoms with Crippen molar-refractivity contribution in [3.8, 4) is 0 Å². The van der Waals surface area contributed by atoms with Gasteiger partial charge in [-0.3, -0.25) is 0 Å². The van der Waals surface area contributed by atoms with Crippen molar-refractivity contribution in [1.82, 2.24) is 4.31 Å². The van der Waals surface area contributed by atoms with Gasteiger partial charge in [-0.1, -0.05) is 0 Å². The topological polar surface area (TPSA) is 46.6 Å². The second kappa shape index (κ2) is 4.79.